The molecule has 4 rings (SSSR count). The monoisotopic (exact) mass is 374 g/mol. The molecule has 0 aliphatic carbocycles. The van der Waals surface area contributed by atoms with Crippen LogP contribution in [0.1, 0.15) is 17.5 Å². The maximum Gasteiger partial charge on any atom is 0.378 e. The molecule has 0 radical (unpaired) electrons. The number of likely N-dealkylation sites (N-methyl/N-ethyl adjacent to an activating group) is 1. The predicted octanol–water partition coefficient (Wildman–Crippen LogP) is 1.86. The average molecular weight is 375 g/mol. The van der Waals surface area contributed by atoms with E-state index in [4.69, 9.17) is 21.3 Å². The Bertz CT molecular complexity index is 980. The number of aromatic nitrogens is 4. The highest BCUT2D eigenvalue weighted by molar-refractivity contribution is 6.31. The lowest BCUT2D eigenvalue weighted by molar-refractivity contribution is 0.0512. The molecule has 0 saturated carbocycles. The number of fused-ring (bicyclic) bond motifs is 3. The van der Waals surface area contributed by atoms with Crippen LogP contribution in [-0.2, 0) is 4.74 Å². The van der Waals surface area contributed by atoms with Crippen molar-refractivity contribution in [2.75, 3.05) is 44.7 Å². The molecule has 1 aliphatic heterocycles. The summed E-state index contributed by atoms with van der Waals surface area (Å²) in [7, 11) is 2.10. The summed E-state index contributed by atoms with van der Waals surface area (Å²) in [6.45, 7) is 5.56. The second-order valence-corrected chi connectivity index (χ2v) is 6.69. The Morgan fingerprint density at radius 2 is 2.00 bits per heavy atom. The molecule has 0 unspecified atom stereocenters. The van der Waals surface area contributed by atoms with Gasteiger partial charge in [0.25, 0.3) is 5.82 Å². The molecule has 0 amide bonds. The Morgan fingerprint density at radius 3 is 2.73 bits per heavy atom. The molecule has 2 aromatic heterocycles. The molecule has 1 aliphatic rings. The van der Waals surface area contributed by atoms with Gasteiger partial charge in [0.1, 0.15) is 0 Å². The van der Waals surface area contributed by atoms with E-state index in [2.05, 4.69) is 26.9 Å². The van der Waals surface area contributed by atoms with Crippen LogP contribution in [0, 0.1) is 0 Å². The number of hydrogen-bond donors (Lipinski definition) is 0. The van der Waals surface area contributed by atoms with E-state index in [1.54, 1.807) is 23.6 Å². The van der Waals surface area contributed by atoms with Crippen LogP contribution in [0.3, 0.4) is 0 Å². The summed E-state index contributed by atoms with van der Waals surface area (Å²) in [6.07, 6.45) is 0. The summed E-state index contributed by atoms with van der Waals surface area (Å²) in [4.78, 5) is 25.8. The molecule has 0 spiro atoms. The highest BCUT2D eigenvalue weighted by Gasteiger charge is 2.24. The number of piperazine rings is 1. The number of anilines is 1. The summed E-state index contributed by atoms with van der Waals surface area (Å²) < 4.78 is 6.68. The normalized spacial score (nSPS) is 15.7. The van der Waals surface area contributed by atoms with E-state index in [1.165, 1.54) is 0 Å². The van der Waals surface area contributed by atoms with Gasteiger partial charge >= 0.3 is 5.97 Å². The molecule has 3 aromatic rings. The van der Waals surface area contributed by atoms with Gasteiger partial charge in [-0.15, -0.1) is 5.10 Å². The molecule has 1 aromatic carbocycles. The van der Waals surface area contributed by atoms with Crippen LogP contribution in [0.5, 0.6) is 0 Å². The van der Waals surface area contributed by atoms with Crippen LogP contribution >= 0.6 is 11.6 Å². The third-order valence-corrected chi connectivity index (χ3v) is 4.70. The van der Waals surface area contributed by atoms with Crippen molar-refractivity contribution in [2.24, 2.45) is 0 Å². The maximum absolute atomic E-state index is 12.1. The Balaban J connectivity index is 1.91. The quantitative estimate of drug-likeness (QED) is 0.647. The fourth-order valence-corrected chi connectivity index (χ4v) is 3.23. The topological polar surface area (TPSA) is 75.9 Å². The van der Waals surface area contributed by atoms with Crippen molar-refractivity contribution >= 4 is 40.1 Å². The summed E-state index contributed by atoms with van der Waals surface area (Å²) >= 11 is 6.15. The SMILES string of the molecule is CCOC(=O)c1nc2c(N3CCN(C)CC3)nc3ccc(Cl)cc3n2n1. The summed E-state index contributed by atoms with van der Waals surface area (Å²) in [5, 5.41) is 4.94. The number of nitrogens with zero attached hydrogens (tertiary/aromatic N) is 6. The van der Waals surface area contributed by atoms with Gasteiger partial charge in [-0.1, -0.05) is 11.6 Å². The van der Waals surface area contributed by atoms with Crippen LogP contribution in [0.4, 0.5) is 5.82 Å². The lowest BCUT2D eigenvalue weighted by Gasteiger charge is -2.33. The van der Waals surface area contributed by atoms with Gasteiger partial charge in [0.2, 0.25) is 0 Å². The molecule has 26 heavy (non-hydrogen) atoms. The van der Waals surface area contributed by atoms with Crippen LogP contribution in [0.15, 0.2) is 18.2 Å². The first kappa shape index (κ1) is 17.0. The lowest BCUT2D eigenvalue weighted by Crippen LogP contribution is -2.45. The Kier molecular flexibility index (Phi) is 4.37. The molecule has 0 bridgehead atoms. The van der Waals surface area contributed by atoms with E-state index in [1.807, 2.05) is 6.07 Å². The molecule has 1 saturated heterocycles. The zero-order chi connectivity index (χ0) is 18.3. The van der Waals surface area contributed by atoms with E-state index in [0.717, 1.165) is 37.5 Å². The number of benzene rings is 1. The standard InChI is InChI=1S/C17H19ClN6O2/c1-3-26-17(25)14-20-16-15(23-8-6-22(2)7-9-23)19-12-5-4-11(18)10-13(12)24(16)21-14/h4-5,10H,3,6-9H2,1-2H3. The highest BCUT2D eigenvalue weighted by atomic mass is 35.5. The number of ether oxygens (including phenoxy) is 1. The molecule has 9 heteroatoms. The number of carbonyl (C=O) groups excluding carboxylic acids is 1. The van der Waals surface area contributed by atoms with Crippen molar-refractivity contribution < 1.29 is 9.53 Å². The van der Waals surface area contributed by atoms with Crippen molar-refractivity contribution in [3.05, 3.63) is 29.0 Å². The van der Waals surface area contributed by atoms with Crippen molar-refractivity contribution in [2.45, 2.75) is 6.92 Å². The van der Waals surface area contributed by atoms with E-state index in [9.17, 15) is 4.79 Å². The van der Waals surface area contributed by atoms with Gasteiger partial charge in [0.15, 0.2) is 11.5 Å². The number of esters is 1. The molecular weight excluding hydrogens is 356 g/mol. The second kappa shape index (κ2) is 6.69. The molecule has 8 nitrogen and oxygen atoms in total. The summed E-state index contributed by atoms with van der Waals surface area (Å²) in [6, 6.07) is 5.41. The minimum absolute atomic E-state index is 0.0245. The Hall–Kier alpha value is -2.45. The van der Waals surface area contributed by atoms with Gasteiger partial charge in [-0.05, 0) is 32.2 Å². The van der Waals surface area contributed by atoms with Gasteiger partial charge in [-0.2, -0.15) is 4.98 Å². The van der Waals surface area contributed by atoms with Crippen molar-refractivity contribution in [3.63, 3.8) is 0 Å². The maximum atomic E-state index is 12.1. The summed E-state index contributed by atoms with van der Waals surface area (Å²) in [5.41, 5.74) is 1.98. The third-order valence-electron chi connectivity index (χ3n) is 4.46. The molecule has 136 valence electrons. The Labute approximate surface area is 155 Å². The van der Waals surface area contributed by atoms with Gasteiger partial charge in [-0.25, -0.2) is 14.3 Å². The zero-order valence-corrected chi connectivity index (χ0v) is 15.4. The predicted molar refractivity (Wildman–Crippen MR) is 99.0 cm³/mol. The minimum atomic E-state index is -0.546. The van der Waals surface area contributed by atoms with Gasteiger partial charge in [0.05, 0.1) is 17.6 Å². The van der Waals surface area contributed by atoms with Crippen LogP contribution in [-0.4, -0.2) is 70.3 Å². The van der Waals surface area contributed by atoms with E-state index < -0.39 is 5.97 Å². The third kappa shape index (κ3) is 2.95. The molecule has 1 fully saturated rings. The molecule has 0 atom stereocenters. The van der Waals surface area contributed by atoms with Crippen LogP contribution in [0.2, 0.25) is 5.02 Å². The van der Waals surface area contributed by atoms with Crippen molar-refractivity contribution in [1.82, 2.24) is 24.5 Å². The van der Waals surface area contributed by atoms with Crippen LogP contribution < -0.4 is 4.90 Å². The van der Waals surface area contributed by atoms with Gasteiger partial charge in [-0.3, -0.25) is 0 Å². The van der Waals surface area contributed by atoms with Gasteiger partial charge < -0.3 is 14.5 Å². The fourth-order valence-electron chi connectivity index (χ4n) is 3.06. The summed E-state index contributed by atoms with van der Waals surface area (Å²) in [5.74, 6) is 0.197. The second-order valence-electron chi connectivity index (χ2n) is 6.25. The lowest BCUT2D eigenvalue weighted by atomic mass is 10.3. The van der Waals surface area contributed by atoms with Crippen molar-refractivity contribution in [3.8, 4) is 0 Å². The first-order valence-electron chi connectivity index (χ1n) is 8.53. The first-order valence-corrected chi connectivity index (χ1v) is 8.91. The zero-order valence-electron chi connectivity index (χ0n) is 14.6. The highest BCUT2D eigenvalue weighted by Crippen LogP contribution is 2.26. The number of hydrogen-bond acceptors (Lipinski definition) is 7. The number of carbonyl (C=O) groups is 1. The number of rotatable bonds is 3. The molecular formula is C17H19ClN6O2. The van der Waals surface area contributed by atoms with Crippen molar-refractivity contribution in [1.29, 1.82) is 0 Å². The van der Waals surface area contributed by atoms with E-state index in [-0.39, 0.29) is 12.4 Å². The number of halogens is 1. The first-order chi connectivity index (χ1) is 12.6. The van der Waals surface area contributed by atoms with Gasteiger partial charge in [0, 0.05) is 31.2 Å². The van der Waals surface area contributed by atoms with E-state index in [0.29, 0.717) is 16.2 Å². The minimum Gasteiger partial charge on any atom is -0.460 e. The van der Waals surface area contributed by atoms with Crippen LogP contribution in [0.25, 0.3) is 16.7 Å². The smallest absolute Gasteiger partial charge is 0.378 e. The average Bonchev–Trinajstić information content (AvgIpc) is 3.08. The molecule has 3 heterocycles. The Morgan fingerprint density at radius 1 is 1.23 bits per heavy atom. The fraction of sp³-hybridized carbons (Fsp3) is 0.412. The largest absolute Gasteiger partial charge is 0.460 e. The van der Waals surface area contributed by atoms with E-state index >= 15 is 0 Å². The molecule has 0 N–H and O–H groups in total.